The third kappa shape index (κ3) is 13.0. The van der Waals surface area contributed by atoms with Crippen LogP contribution in [0.15, 0.2) is 0 Å². The van der Waals surface area contributed by atoms with Crippen LogP contribution in [0, 0.1) is 0 Å². The van der Waals surface area contributed by atoms with Crippen LogP contribution in [0.4, 0.5) is 0 Å². The molecular weight excluding hydrogens is 260 g/mol. The van der Waals surface area contributed by atoms with E-state index in [4.69, 9.17) is 39.5 Å². The van der Waals surface area contributed by atoms with E-state index >= 15 is 0 Å². The quantitative estimate of drug-likeness (QED) is 0.541. The van der Waals surface area contributed by atoms with E-state index in [1.54, 1.807) is 13.8 Å². The van der Waals surface area contributed by atoms with Gasteiger partial charge in [0.1, 0.15) is 12.2 Å². The van der Waals surface area contributed by atoms with Crippen molar-refractivity contribution in [2.24, 2.45) is 0 Å². The number of hydrogen-bond donors (Lipinski definition) is 4. The fraction of sp³-hybridized carbons (Fsp3) is 0.818. The minimum absolute atomic E-state index is 0.116. The Labute approximate surface area is 111 Å². The zero-order valence-corrected chi connectivity index (χ0v) is 11.5. The molecule has 1 aliphatic rings. The van der Waals surface area contributed by atoms with E-state index in [1.165, 1.54) is 0 Å². The molecule has 1 rings (SSSR count). The second kappa shape index (κ2) is 9.68. The Hall–Kier alpha value is -1.22. The zero-order valence-electron chi connectivity index (χ0n) is 11.5. The standard InChI is InChI=1S/C7H14O4.2C2H4O2/c1-7(2)10-5(3-8)6(4-9)11-7;2*1-2(3)4/h5-6,8-9H,3-4H2,1-2H3;2*1H3,(H,3,4)/t5-,6+;;. The van der Waals surface area contributed by atoms with Crippen LogP contribution < -0.4 is 0 Å². The van der Waals surface area contributed by atoms with E-state index in [-0.39, 0.29) is 13.2 Å². The average molecular weight is 282 g/mol. The lowest BCUT2D eigenvalue weighted by Gasteiger charge is -2.16. The molecule has 0 aromatic rings. The van der Waals surface area contributed by atoms with Gasteiger partial charge in [-0.1, -0.05) is 0 Å². The predicted octanol–water partition coefficient (Wildman–Crippen LogP) is -0.327. The van der Waals surface area contributed by atoms with Crippen LogP contribution in [0.2, 0.25) is 0 Å². The predicted molar refractivity (Wildman–Crippen MR) is 64.6 cm³/mol. The molecule has 2 atom stereocenters. The van der Waals surface area contributed by atoms with Crippen LogP contribution in [0.3, 0.4) is 0 Å². The molecule has 114 valence electrons. The molecule has 4 N–H and O–H groups in total. The summed E-state index contributed by atoms with van der Waals surface area (Å²) in [6.45, 7) is 5.44. The van der Waals surface area contributed by atoms with Crippen molar-refractivity contribution in [3.05, 3.63) is 0 Å². The van der Waals surface area contributed by atoms with Gasteiger partial charge in [-0.05, 0) is 13.8 Å². The maximum absolute atomic E-state index is 9.00. The van der Waals surface area contributed by atoms with E-state index in [2.05, 4.69) is 0 Å². The van der Waals surface area contributed by atoms with Crippen LogP contribution in [0.1, 0.15) is 27.7 Å². The zero-order chi connectivity index (χ0) is 15.6. The Balaban J connectivity index is 0. The summed E-state index contributed by atoms with van der Waals surface area (Å²) in [5.74, 6) is -2.35. The van der Waals surface area contributed by atoms with Crippen molar-refractivity contribution < 1.29 is 39.5 Å². The van der Waals surface area contributed by atoms with Gasteiger partial charge in [-0.3, -0.25) is 9.59 Å². The van der Waals surface area contributed by atoms with Gasteiger partial charge >= 0.3 is 0 Å². The van der Waals surface area contributed by atoms with Gasteiger partial charge in [0.15, 0.2) is 5.79 Å². The summed E-state index contributed by atoms with van der Waals surface area (Å²) in [7, 11) is 0. The minimum atomic E-state index is -0.833. The van der Waals surface area contributed by atoms with Crippen LogP contribution in [-0.4, -0.2) is 63.6 Å². The van der Waals surface area contributed by atoms with Gasteiger partial charge in [-0.2, -0.15) is 0 Å². The number of aliphatic hydroxyl groups is 2. The van der Waals surface area contributed by atoms with Gasteiger partial charge < -0.3 is 29.9 Å². The van der Waals surface area contributed by atoms with Gasteiger partial charge in [0, 0.05) is 13.8 Å². The molecule has 8 nitrogen and oxygen atoms in total. The molecule has 0 aromatic carbocycles. The minimum Gasteiger partial charge on any atom is -0.481 e. The summed E-state index contributed by atoms with van der Waals surface area (Å²) in [6, 6.07) is 0. The van der Waals surface area contributed by atoms with Crippen LogP contribution >= 0.6 is 0 Å². The Kier molecular flexibility index (Phi) is 10.2. The molecule has 0 aromatic heterocycles. The number of aliphatic carboxylic acids is 2. The van der Waals surface area contributed by atoms with Crippen molar-refractivity contribution in [1.29, 1.82) is 0 Å². The van der Waals surface area contributed by atoms with E-state index in [0.29, 0.717) is 0 Å². The van der Waals surface area contributed by atoms with Crippen molar-refractivity contribution in [2.45, 2.75) is 45.7 Å². The summed E-state index contributed by atoms with van der Waals surface area (Å²) in [5.41, 5.74) is 0. The van der Waals surface area contributed by atoms with Crippen molar-refractivity contribution in [3.8, 4) is 0 Å². The summed E-state index contributed by atoms with van der Waals surface area (Å²) >= 11 is 0. The molecule has 19 heavy (non-hydrogen) atoms. The molecule has 0 aliphatic carbocycles. The number of carbonyl (C=O) groups is 2. The SMILES string of the molecule is CC(=O)O.CC(=O)O.CC1(C)O[C@@H](CO)[C@@H](CO)O1. The number of hydrogen-bond acceptors (Lipinski definition) is 6. The van der Waals surface area contributed by atoms with E-state index in [1.807, 2.05) is 0 Å². The largest absolute Gasteiger partial charge is 0.481 e. The second-order valence-corrected chi connectivity index (χ2v) is 4.12. The number of ether oxygens (including phenoxy) is 2. The lowest BCUT2D eigenvalue weighted by molar-refractivity contribution is -0.151. The van der Waals surface area contributed by atoms with Gasteiger partial charge in [-0.15, -0.1) is 0 Å². The first kappa shape index (κ1) is 20.1. The van der Waals surface area contributed by atoms with E-state index in [0.717, 1.165) is 13.8 Å². The maximum Gasteiger partial charge on any atom is 0.300 e. The highest BCUT2D eigenvalue weighted by atomic mass is 16.8. The monoisotopic (exact) mass is 282 g/mol. The average Bonchev–Trinajstić information content (AvgIpc) is 2.51. The summed E-state index contributed by atoms with van der Waals surface area (Å²) < 4.78 is 10.5. The van der Waals surface area contributed by atoms with Crippen LogP contribution in [-0.2, 0) is 19.1 Å². The van der Waals surface area contributed by atoms with Gasteiger partial charge in [0.25, 0.3) is 11.9 Å². The van der Waals surface area contributed by atoms with E-state index < -0.39 is 29.9 Å². The molecule has 0 bridgehead atoms. The Morgan fingerprint density at radius 2 is 1.16 bits per heavy atom. The summed E-state index contributed by atoms with van der Waals surface area (Å²) in [5, 5.41) is 32.4. The lowest BCUT2D eigenvalue weighted by atomic mass is 10.2. The number of carboxylic acids is 2. The molecular formula is C11H22O8. The van der Waals surface area contributed by atoms with Crippen LogP contribution in [0.5, 0.6) is 0 Å². The molecule has 0 radical (unpaired) electrons. The maximum atomic E-state index is 9.00. The molecule has 1 aliphatic heterocycles. The lowest BCUT2D eigenvalue weighted by Crippen LogP contribution is -2.29. The Bertz CT molecular complexity index is 242. The highest BCUT2D eigenvalue weighted by Gasteiger charge is 2.40. The fourth-order valence-electron chi connectivity index (χ4n) is 1.22. The smallest absolute Gasteiger partial charge is 0.300 e. The highest BCUT2D eigenvalue weighted by Crippen LogP contribution is 2.27. The number of aliphatic hydroxyl groups excluding tert-OH is 2. The molecule has 0 saturated carbocycles. The molecule has 0 unspecified atom stereocenters. The number of rotatable bonds is 2. The van der Waals surface area contributed by atoms with E-state index in [9.17, 15) is 0 Å². The van der Waals surface area contributed by atoms with Crippen molar-refractivity contribution in [3.63, 3.8) is 0 Å². The van der Waals surface area contributed by atoms with Gasteiger partial charge in [-0.25, -0.2) is 0 Å². The highest BCUT2D eigenvalue weighted by molar-refractivity contribution is 5.63. The van der Waals surface area contributed by atoms with Crippen molar-refractivity contribution in [2.75, 3.05) is 13.2 Å². The molecule has 1 saturated heterocycles. The first-order valence-electron chi connectivity index (χ1n) is 5.52. The third-order valence-electron chi connectivity index (χ3n) is 1.64. The normalized spacial score (nSPS) is 23.5. The molecule has 0 spiro atoms. The Morgan fingerprint density at radius 1 is 0.947 bits per heavy atom. The number of carboxylic acid groups (broad SMARTS) is 2. The van der Waals surface area contributed by atoms with Crippen molar-refractivity contribution in [1.82, 2.24) is 0 Å². The van der Waals surface area contributed by atoms with Crippen LogP contribution in [0.25, 0.3) is 0 Å². The van der Waals surface area contributed by atoms with Crippen molar-refractivity contribution >= 4 is 11.9 Å². The molecule has 1 fully saturated rings. The third-order valence-corrected chi connectivity index (χ3v) is 1.64. The summed E-state index contributed by atoms with van der Waals surface area (Å²) in [4.78, 5) is 18.0. The van der Waals surface area contributed by atoms with Gasteiger partial charge in [0.05, 0.1) is 13.2 Å². The molecule has 0 amide bonds. The topological polar surface area (TPSA) is 134 Å². The van der Waals surface area contributed by atoms with Gasteiger partial charge in [0.2, 0.25) is 0 Å². The summed E-state index contributed by atoms with van der Waals surface area (Å²) in [6.07, 6.45) is -0.787. The Morgan fingerprint density at radius 3 is 1.32 bits per heavy atom. The first-order chi connectivity index (χ1) is 8.55. The first-order valence-corrected chi connectivity index (χ1v) is 5.52. The second-order valence-electron chi connectivity index (χ2n) is 4.12. The molecule has 8 heteroatoms. The fourth-order valence-corrected chi connectivity index (χ4v) is 1.22. The molecule has 1 heterocycles.